The molecule has 16 heavy (non-hydrogen) atoms. The summed E-state index contributed by atoms with van der Waals surface area (Å²) in [7, 11) is 0. The Labute approximate surface area is 93.2 Å². The van der Waals surface area contributed by atoms with E-state index in [0.29, 0.717) is 18.0 Å². The fourth-order valence-electron chi connectivity index (χ4n) is 1.29. The topological polar surface area (TPSA) is 35.5 Å². The van der Waals surface area contributed by atoms with Gasteiger partial charge in [0.25, 0.3) is 6.47 Å². The van der Waals surface area contributed by atoms with Gasteiger partial charge in [0.05, 0.1) is 0 Å². The largest absolute Gasteiger partial charge is 0.457 e. The molecule has 2 aromatic rings. The Morgan fingerprint density at radius 3 is 2.25 bits per heavy atom. The van der Waals surface area contributed by atoms with Crippen LogP contribution in [0.3, 0.4) is 0 Å². The monoisotopic (exact) mass is 214 g/mol. The average molecular weight is 214 g/mol. The molecule has 3 nitrogen and oxygen atoms in total. The second-order valence-electron chi connectivity index (χ2n) is 3.10. The number of rotatable bonds is 4. The van der Waals surface area contributed by atoms with E-state index in [1.54, 1.807) is 24.3 Å². The summed E-state index contributed by atoms with van der Waals surface area (Å²) in [6.45, 7) is 0.391. The summed E-state index contributed by atoms with van der Waals surface area (Å²) >= 11 is 0. The van der Waals surface area contributed by atoms with Gasteiger partial charge in [0.2, 0.25) is 0 Å². The summed E-state index contributed by atoms with van der Waals surface area (Å²) in [5, 5.41) is 0. The molecular formula is C13H10O3. The number of para-hydroxylation sites is 1. The van der Waals surface area contributed by atoms with Crippen molar-refractivity contribution in [1.29, 1.82) is 0 Å². The lowest BCUT2D eigenvalue weighted by atomic mass is 10.3. The van der Waals surface area contributed by atoms with Crippen molar-refractivity contribution in [3.05, 3.63) is 54.6 Å². The van der Waals surface area contributed by atoms with Gasteiger partial charge in [0, 0.05) is 6.07 Å². The van der Waals surface area contributed by atoms with Crippen molar-refractivity contribution in [2.24, 2.45) is 0 Å². The van der Waals surface area contributed by atoms with Crippen LogP contribution in [-0.4, -0.2) is 6.47 Å². The molecule has 0 radical (unpaired) electrons. The molecule has 0 amide bonds. The first-order valence-corrected chi connectivity index (χ1v) is 4.82. The van der Waals surface area contributed by atoms with E-state index in [2.05, 4.69) is 0 Å². The van der Waals surface area contributed by atoms with Crippen LogP contribution in [0.15, 0.2) is 54.6 Å². The highest BCUT2D eigenvalue weighted by molar-refractivity contribution is 5.47. The van der Waals surface area contributed by atoms with E-state index in [4.69, 9.17) is 9.47 Å². The summed E-state index contributed by atoms with van der Waals surface area (Å²) in [6, 6.07) is 16.3. The molecule has 0 bridgehead atoms. The second-order valence-corrected chi connectivity index (χ2v) is 3.10. The van der Waals surface area contributed by atoms with E-state index in [0.717, 1.165) is 5.75 Å². The Kier molecular flexibility index (Phi) is 3.18. The van der Waals surface area contributed by atoms with Crippen molar-refractivity contribution in [2.45, 2.75) is 0 Å². The number of hydrogen-bond acceptors (Lipinski definition) is 3. The highest BCUT2D eigenvalue weighted by Gasteiger charge is 1.98. The fraction of sp³-hybridized carbons (Fsp3) is 0. The van der Waals surface area contributed by atoms with Crippen molar-refractivity contribution < 1.29 is 14.3 Å². The Hall–Kier alpha value is -2.29. The number of carbonyl (C=O) groups is 1. The number of carbonyl (C=O) groups excluding carboxylic acids is 1. The Balaban J connectivity index is 2.15. The van der Waals surface area contributed by atoms with Gasteiger partial charge in [-0.2, -0.15) is 0 Å². The first-order chi connectivity index (χ1) is 7.88. The summed E-state index contributed by atoms with van der Waals surface area (Å²) < 4.78 is 10.3. The van der Waals surface area contributed by atoms with E-state index >= 15 is 0 Å². The molecule has 0 aliphatic carbocycles. The van der Waals surface area contributed by atoms with Gasteiger partial charge in [-0.25, -0.2) is 0 Å². The van der Waals surface area contributed by atoms with Crippen molar-refractivity contribution in [3.63, 3.8) is 0 Å². The smallest absolute Gasteiger partial charge is 0.298 e. The maximum atomic E-state index is 10.2. The summed E-state index contributed by atoms with van der Waals surface area (Å²) in [4.78, 5) is 10.2. The zero-order valence-corrected chi connectivity index (χ0v) is 8.50. The molecule has 80 valence electrons. The first kappa shape index (κ1) is 10.2. The molecule has 0 heterocycles. The Morgan fingerprint density at radius 1 is 0.812 bits per heavy atom. The lowest BCUT2D eigenvalue weighted by Crippen LogP contribution is -1.89. The molecule has 2 rings (SSSR count). The van der Waals surface area contributed by atoms with Crippen LogP contribution < -0.4 is 9.47 Å². The van der Waals surface area contributed by atoms with Crippen LogP contribution in [0.1, 0.15) is 0 Å². The van der Waals surface area contributed by atoms with Gasteiger partial charge < -0.3 is 9.47 Å². The lowest BCUT2D eigenvalue weighted by Gasteiger charge is -2.06. The predicted molar refractivity (Wildman–Crippen MR) is 59.7 cm³/mol. The normalized spacial score (nSPS) is 9.50. The van der Waals surface area contributed by atoms with E-state index in [-0.39, 0.29) is 0 Å². The summed E-state index contributed by atoms with van der Waals surface area (Å²) in [5.74, 6) is 1.83. The maximum Gasteiger partial charge on any atom is 0.298 e. The third-order valence-corrected chi connectivity index (χ3v) is 1.97. The molecule has 0 fully saturated rings. The molecule has 0 aliphatic heterocycles. The van der Waals surface area contributed by atoms with E-state index in [9.17, 15) is 4.79 Å². The molecule has 0 unspecified atom stereocenters. The zero-order chi connectivity index (χ0) is 11.2. The van der Waals surface area contributed by atoms with Crippen molar-refractivity contribution in [2.75, 3.05) is 0 Å². The predicted octanol–water partition coefficient (Wildman–Crippen LogP) is 3.01. The number of hydrogen-bond donors (Lipinski definition) is 0. The van der Waals surface area contributed by atoms with Gasteiger partial charge >= 0.3 is 0 Å². The van der Waals surface area contributed by atoms with Gasteiger partial charge in [0.1, 0.15) is 17.2 Å². The standard InChI is InChI=1S/C13H10O3/c14-10-15-12-7-4-8-13(9-12)16-11-5-2-1-3-6-11/h1-10H. The minimum absolute atomic E-state index is 0.391. The molecule has 0 aromatic heterocycles. The van der Waals surface area contributed by atoms with Crippen LogP contribution >= 0.6 is 0 Å². The second kappa shape index (κ2) is 4.98. The minimum atomic E-state index is 0.391. The van der Waals surface area contributed by atoms with Crippen LogP contribution in [0, 0.1) is 0 Å². The summed E-state index contributed by atoms with van der Waals surface area (Å²) in [5.41, 5.74) is 0. The highest BCUT2D eigenvalue weighted by Crippen LogP contribution is 2.24. The number of benzene rings is 2. The van der Waals surface area contributed by atoms with Gasteiger partial charge in [0.15, 0.2) is 0 Å². The minimum Gasteiger partial charge on any atom is -0.457 e. The van der Waals surface area contributed by atoms with Crippen LogP contribution in [0.5, 0.6) is 17.2 Å². The van der Waals surface area contributed by atoms with Crippen molar-refractivity contribution >= 4 is 6.47 Å². The molecule has 0 saturated carbocycles. The molecule has 0 spiro atoms. The quantitative estimate of drug-likeness (QED) is 0.734. The molecule has 0 saturated heterocycles. The van der Waals surface area contributed by atoms with Crippen LogP contribution in [-0.2, 0) is 4.79 Å². The van der Waals surface area contributed by atoms with E-state index in [1.807, 2.05) is 30.3 Å². The Morgan fingerprint density at radius 2 is 1.50 bits per heavy atom. The number of ether oxygens (including phenoxy) is 2. The zero-order valence-electron chi connectivity index (χ0n) is 8.50. The third kappa shape index (κ3) is 2.60. The van der Waals surface area contributed by atoms with Gasteiger partial charge in [-0.3, -0.25) is 4.79 Å². The highest BCUT2D eigenvalue weighted by atomic mass is 16.5. The fourth-order valence-corrected chi connectivity index (χ4v) is 1.29. The maximum absolute atomic E-state index is 10.2. The Bertz CT molecular complexity index is 466. The SMILES string of the molecule is O=COc1cccc(Oc2ccccc2)c1. The third-order valence-electron chi connectivity index (χ3n) is 1.97. The van der Waals surface area contributed by atoms with E-state index < -0.39 is 0 Å². The molecular weight excluding hydrogens is 204 g/mol. The van der Waals surface area contributed by atoms with Gasteiger partial charge in [-0.05, 0) is 24.3 Å². The lowest BCUT2D eigenvalue weighted by molar-refractivity contribution is -0.120. The molecule has 2 aromatic carbocycles. The first-order valence-electron chi connectivity index (χ1n) is 4.82. The van der Waals surface area contributed by atoms with Gasteiger partial charge in [-0.1, -0.05) is 24.3 Å². The average Bonchev–Trinajstić information content (AvgIpc) is 2.31. The molecule has 0 N–H and O–H groups in total. The van der Waals surface area contributed by atoms with Crippen LogP contribution in [0.4, 0.5) is 0 Å². The molecule has 0 atom stereocenters. The van der Waals surface area contributed by atoms with Crippen LogP contribution in [0.25, 0.3) is 0 Å². The molecule has 3 heteroatoms. The van der Waals surface area contributed by atoms with Crippen molar-refractivity contribution in [1.82, 2.24) is 0 Å². The van der Waals surface area contributed by atoms with Crippen LogP contribution in [0.2, 0.25) is 0 Å². The van der Waals surface area contributed by atoms with Crippen molar-refractivity contribution in [3.8, 4) is 17.2 Å². The van der Waals surface area contributed by atoms with E-state index in [1.165, 1.54) is 0 Å². The molecule has 0 aliphatic rings. The summed E-state index contributed by atoms with van der Waals surface area (Å²) in [6.07, 6.45) is 0. The van der Waals surface area contributed by atoms with Gasteiger partial charge in [-0.15, -0.1) is 0 Å².